The van der Waals surface area contributed by atoms with Crippen LogP contribution in [0.4, 0.5) is 42.1 Å². The van der Waals surface area contributed by atoms with E-state index < -0.39 is 63.7 Å². The van der Waals surface area contributed by atoms with Crippen LogP contribution in [0.25, 0.3) is 6.08 Å². The first-order valence-electron chi connectivity index (χ1n) is 14.9. The van der Waals surface area contributed by atoms with Gasteiger partial charge in [-0.05, 0) is 53.6 Å². The molecule has 0 heterocycles. The van der Waals surface area contributed by atoms with Crippen molar-refractivity contribution in [2.24, 2.45) is 0 Å². The first kappa shape index (κ1) is 37.7. The number of anilines is 2. The molecule has 1 unspecified atom stereocenters. The van der Waals surface area contributed by atoms with Crippen LogP contribution in [0, 0.1) is 23.3 Å². The Kier molecular flexibility index (Phi) is 11.7. The van der Waals surface area contributed by atoms with E-state index in [1.807, 2.05) is 0 Å². The molecule has 0 saturated heterocycles. The normalized spacial score (nSPS) is 12.2. The second kappa shape index (κ2) is 16.2. The van der Waals surface area contributed by atoms with Crippen LogP contribution < -0.4 is 16.0 Å². The Bertz CT molecular complexity index is 2140. The number of alkyl halides is 3. The number of hydrogen-bond acceptors (Lipinski definition) is 4. The van der Waals surface area contributed by atoms with Gasteiger partial charge in [0.05, 0.1) is 0 Å². The molecule has 5 rings (SSSR count). The molecule has 0 aliphatic carbocycles. The van der Waals surface area contributed by atoms with Gasteiger partial charge in [-0.2, -0.15) is 13.2 Å². The second-order valence-corrected chi connectivity index (χ2v) is 12.4. The van der Waals surface area contributed by atoms with Gasteiger partial charge in [-0.3, -0.25) is 14.4 Å². The first-order chi connectivity index (χ1) is 24.7. The highest BCUT2D eigenvalue weighted by Gasteiger charge is 2.43. The molecule has 52 heavy (non-hydrogen) atoms. The molecule has 0 spiro atoms. The van der Waals surface area contributed by atoms with Gasteiger partial charge < -0.3 is 16.0 Å². The summed E-state index contributed by atoms with van der Waals surface area (Å²) in [5.41, 5.74) is -3.60. The molecule has 266 valence electrons. The highest BCUT2D eigenvalue weighted by molar-refractivity contribution is 8.00. The summed E-state index contributed by atoms with van der Waals surface area (Å²) in [5.74, 6) is -12.9. The van der Waals surface area contributed by atoms with E-state index in [0.29, 0.717) is 10.6 Å². The van der Waals surface area contributed by atoms with Gasteiger partial charge in [0.25, 0.3) is 11.8 Å². The summed E-state index contributed by atoms with van der Waals surface area (Å²) in [5, 5.41) is 5.84. The lowest BCUT2D eigenvalue weighted by Gasteiger charge is -2.19. The van der Waals surface area contributed by atoms with Crippen LogP contribution in [-0.2, 0) is 15.8 Å². The second-order valence-electron chi connectivity index (χ2n) is 10.8. The summed E-state index contributed by atoms with van der Waals surface area (Å²) < 4.78 is 97.2. The van der Waals surface area contributed by atoms with Gasteiger partial charge in [0.15, 0.2) is 23.3 Å². The van der Waals surface area contributed by atoms with Crippen LogP contribution in [0.1, 0.15) is 32.3 Å². The topological polar surface area (TPSA) is 87.3 Å². The minimum atomic E-state index is -5.76. The van der Waals surface area contributed by atoms with E-state index in [2.05, 4.69) is 10.6 Å². The summed E-state index contributed by atoms with van der Waals surface area (Å²) in [7, 11) is 0. The summed E-state index contributed by atoms with van der Waals surface area (Å²) in [4.78, 5) is 40.3. The van der Waals surface area contributed by atoms with E-state index in [-0.39, 0.29) is 27.4 Å². The maximum Gasteiger partial charge on any atom is 0.422 e. The number of halogens is 8. The van der Waals surface area contributed by atoms with Crippen LogP contribution in [0.2, 0.25) is 5.02 Å². The molecule has 0 saturated carbocycles. The number of benzene rings is 5. The van der Waals surface area contributed by atoms with Crippen molar-refractivity contribution in [3.8, 4) is 0 Å². The fourth-order valence-corrected chi connectivity index (χ4v) is 6.03. The van der Waals surface area contributed by atoms with Crippen molar-refractivity contribution in [3.05, 3.63) is 165 Å². The largest absolute Gasteiger partial charge is 0.422 e. The molecule has 1 atom stereocenters. The number of rotatable bonds is 10. The molecule has 0 radical (unpaired) electrons. The van der Waals surface area contributed by atoms with Gasteiger partial charge >= 0.3 is 6.18 Å². The van der Waals surface area contributed by atoms with Gasteiger partial charge in [0, 0.05) is 21.2 Å². The van der Waals surface area contributed by atoms with Gasteiger partial charge in [-0.25, -0.2) is 17.6 Å². The fraction of sp³-hybridized carbons (Fsp3) is 0.0541. The van der Waals surface area contributed by atoms with Crippen molar-refractivity contribution in [1.82, 2.24) is 5.32 Å². The summed E-state index contributed by atoms with van der Waals surface area (Å²) in [6, 6.07) is 28.2. The lowest BCUT2D eigenvalue weighted by Crippen LogP contribution is -2.30. The minimum Gasteiger partial charge on any atom is -0.321 e. The monoisotopic (exact) mass is 757 g/mol. The standard InChI is InChI=1S/C37H23ClF7N3O3S/c38-25-17-8-7-14-22(25)18-26(47-34(49)21-12-5-2-6-13-21)35(50)46-23-15-9-16-24(19-23)52-33(20-10-3-1-4-11-20)36(51)48-32-30(41)28(39)27(37(43,44)45)29(40)31(32)42/h1-19,33H,(H,46,50)(H,47,49)(H,48,51)/b26-18+. The van der Waals surface area contributed by atoms with Crippen molar-refractivity contribution in [2.75, 3.05) is 10.6 Å². The van der Waals surface area contributed by atoms with Crippen LogP contribution in [-0.4, -0.2) is 17.7 Å². The van der Waals surface area contributed by atoms with Crippen LogP contribution in [0.5, 0.6) is 0 Å². The van der Waals surface area contributed by atoms with E-state index in [0.717, 1.165) is 11.8 Å². The van der Waals surface area contributed by atoms with E-state index >= 15 is 0 Å². The van der Waals surface area contributed by atoms with Crippen molar-refractivity contribution in [3.63, 3.8) is 0 Å². The molecular weight excluding hydrogens is 735 g/mol. The number of nitrogens with one attached hydrogen (secondary N) is 3. The lowest BCUT2D eigenvalue weighted by molar-refractivity contribution is -0.143. The lowest BCUT2D eigenvalue weighted by atomic mass is 10.1. The van der Waals surface area contributed by atoms with Gasteiger partial charge in [-0.15, -0.1) is 11.8 Å². The van der Waals surface area contributed by atoms with Gasteiger partial charge in [0.2, 0.25) is 5.91 Å². The van der Waals surface area contributed by atoms with Crippen molar-refractivity contribution in [1.29, 1.82) is 0 Å². The van der Waals surface area contributed by atoms with Crippen LogP contribution in [0.3, 0.4) is 0 Å². The number of thioether (sulfide) groups is 1. The Morgan fingerprint density at radius 1 is 0.712 bits per heavy atom. The van der Waals surface area contributed by atoms with Crippen molar-refractivity contribution in [2.45, 2.75) is 16.3 Å². The third kappa shape index (κ3) is 8.82. The molecule has 0 aliphatic rings. The highest BCUT2D eigenvalue weighted by Crippen LogP contribution is 2.41. The van der Waals surface area contributed by atoms with Crippen molar-refractivity contribution < 1.29 is 45.1 Å². The predicted molar refractivity (Wildman–Crippen MR) is 183 cm³/mol. The smallest absolute Gasteiger partial charge is 0.321 e. The van der Waals surface area contributed by atoms with Gasteiger partial charge in [0.1, 0.15) is 22.2 Å². The zero-order valence-electron chi connectivity index (χ0n) is 26.2. The van der Waals surface area contributed by atoms with Crippen LogP contribution in [0.15, 0.2) is 120 Å². The molecule has 0 bridgehead atoms. The van der Waals surface area contributed by atoms with E-state index in [9.17, 15) is 45.1 Å². The van der Waals surface area contributed by atoms with E-state index in [1.54, 1.807) is 66.0 Å². The van der Waals surface area contributed by atoms with Crippen LogP contribution >= 0.6 is 23.4 Å². The molecule has 5 aromatic rings. The molecule has 0 fully saturated rings. The third-order valence-electron chi connectivity index (χ3n) is 7.22. The van der Waals surface area contributed by atoms with E-state index in [1.165, 1.54) is 54.6 Å². The van der Waals surface area contributed by atoms with E-state index in [4.69, 9.17) is 11.6 Å². The summed E-state index contributed by atoms with van der Waals surface area (Å²) in [6.45, 7) is 0. The minimum absolute atomic E-state index is 0.171. The zero-order chi connectivity index (χ0) is 37.6. The molecule has 0 aromatic heterocycles. The SMILES string of the molecule is O=C(Nc1cccc(SC(C(=O)Nc2c(F)c(F)c(C(F)(F)F)c(F)c2F)c2ccccc2)c1)/C(=C\c1ccccc1Cl)NC(=O)c1ccccc1. The highest BCUT2D eigenvalue weighted by atomic mass is 35.5. The Morgan fingerprint density at radius 2 is 1.31 bits per heavy atom. The molecule has 5 aromatic carbocycles. The molecule has 6 nitrogen and oxygen atoms in total. The molecule has 3 N–H and O–H groups in total. The average molecular weight is 758 g/mol. The zero-order valence-corrected chi connectivity index (χ0v) is 27.8. The molecule has 15 heteroatoms. The first-order valence-corrected chi connectivity index (χ1v) is 16.2. The molecule has 0 aliphatic heterocycles. The number of hydrogen-bond donors (Lipinski definition) is 3. The number of carbonyl (C=O) groups is 3. The third-order valence-corrected chi connectivity index (χ3v) is 8.81. The Labute approximate surface area is 300 Å². The molecular formula is C37H23ClF7N3O3S. The van der Waals surface area contributed by atoms with Gasteiger partial charge in [-0.1, -0.05) is 84.4 Å². The number of amides is 3. The van der Waals surface area contributed by atoms with Crippen molar-refractivity contribution >= 4 is 58.5 Å². The number of carbonyl (C=O) groups excluding carboxylic acids is 3. The Hall–Kier alpha value is -5.60. The quantitative estimate of drug-likeness (QED) is 0.0573. The molecule has 3 amide bonds. The summed E-state index contributed by atoms with van der Waals surface area (Å²) in [6.07, 6.45) is -4.39. The maximum atomic E-state index is 14.7. The Balaban J connectivity index is 1.42. The average Bonchev–Trinajstić information content (AvgIpc) is 3.12. The predicted octanol–water partition coefficient (Wildman–Crippen LogP) is 9.80. The maximum absolute atomic E-state index is 14.7. The fourth-order valence-electron chi connectivity index (χ4n) is 4.75. The summed E-state index contributed by atoms with van der Waals surface area (Å²) >= 11 is 7.07. The Morgan fingerprint density at radius 3 is 1.92 bits per heavy atom.